The van der Waals surface area contributed by atoms with Gasteiger partial charge in [-0.3, -0.25) is 9.89 Å². The highest BCUT2D eigenvalue weighted by atomic mass is 127. The van der Waals surface area contributed by atoms with E-state index < -0.39 is 0 Å². The van der Waals surface area contributed by atoms with Crippen molar-refractivity contribution in [3.63, 3.8) is 0 Å². The van der Waals surface area contributed by atoms with Crippen molar-refractivity contribution in [2.24, 2.45) is 4.99 Å². The number of nitrogens with one attached hydrogen (secondary N) is 2. The van der Waals surface area contributed by atoms with E-state index in [9.17, 15) is 0 Å². The zero-order valence-corrected chi connectivity index (χ0v) is 19.9. The first-order valence-electron chi connectivity index (χ1n) is 10.3. The first-order valence-corrected chi connectivity index (χ1v) is 10.3. The minimum absolute atomic E-state index is 0. The molecule has 0 atom stereocenters. The van der Waals surface area contributed by atoms with Crippen molar-refractivity contribution in [2.45, 2.75) is 26.3 Å². The lowest BCUT2D eigenvalue weighted by atomic mass is 10.2. The molecule has 0 amide bonds. The van der Waals surface area contributed by atoms with Crippen molar-refractivity contribution in [1.82, 2.24) is 20.4 Å². The second kappa shape index (κ2) is 16.0. The van der Waals surface area contributed by atoms with Crippen LogP contribution in [-0.4, -0.2) is 81.8 Å². The fourth-order valence-corrected chi connectivity index (χ4v) is 3.29. The molecule has 7 heteroatoms. The molecule has 1 fully saturated rings. The van der Waals surface area contributed by atoms with Crippen LogP contribution < -0.4 is 10.6 Å². The van der Waals surface area contributed by atoms with E-state index in [1.54, 1.807) is 0 Å². The molecule has 0 bridgehead atoms. The number of unbranched alkanes of at least 4 members (excludes halogenated alkanes) is 1. The van der Waals surface area contributed by atoms with E-state index in [4.69, 9.17) is 4.74 Å². The van der Waals surface area contributed by atoms with Gasteiger partial charge in [-0.05, 0) is 31.9 Å². The van der Waals surface area contributed by atoms with Crippen LogP contribution in [0, 0.1) is 0 Å². The Morgan fingerprint density at radius 2 is 1.68 bits per heavy atom. The van der Waals surface area contributed by atoms with Gasteiger partial charge in [0.1, 0.15) is 0 Å². The SMILES string of the molecule is CCOCCNC(=NC)NCCCCN1CCN(Cc2ccccc2)CC1.I. The molecule has 160 valence electrons. The van der Waals surface area contributed by atoms with Gasteiger partial charge in [0.25, 0.3) is 0 Å². The topological polar surface area (TPSA) is 52.1 Å². The molecule has 1 saturated heterocycles. The van der Waals surface area contributed by atoms with Gasteiger partial charge in [-0.15, -0.1) is 24.0 Å². The highest BCUT2D eigenvalue weighted by Gasteiger charge is 2.16. The Hall–Kier alpha value is -0.900. The first-order chi connectivity index (χ1) is 13.3. The molecule has 0 spiro atoms. The van der Waals surface area contributed by atoms with Gasteiger partial charge in [-0.25, -0.2) is 0 Å². The maximum absolute atomic E-state index is 5.33. The smallest absolute Gasteiger partial charge is 0.191 e. The summed E-state index contributed by atoms with van der Waals surface area (Å²) in [5.74, 6) is 0.865. The van der Waals surface area contributed by atoms with Crippen LogP contribution in [0.5, 0.6) is 0 Å². The summed E-state index contributed by atoms with van der Waals surface area (Å²) in [6.07, 6.45) is 2.39. The van der Waals surface area contributed by atoms with Crippen molar-refractivity contribution in [3.05, 3.63) is 35.9 Å². The number of benzene rings is 1. The van der Waals surface area contributed by atoms with Crippen molar-refractivity contribution in [2.75, 3.05) is 66.1 Å². The summed E-state index contributed by atoms with van der Waals surface area (Å²) in [5.41, 5.74) is 1.42. The van der Waals surface area contributed by atoms with E-state index in [1.807, 2.05) is 14.0 Å². The van der Waals surface area contributed by atoms with Crippen LogP contribution in [0.3, 0.4) is 0 Å². The number of guanidine groups is 1. The van der Waals surface area contributed by atoms with Crippen LogP contribution >= 0.6 is 24.0 Å². The molecule has 0 aromatic heterocycles. The average molecular weight is 503 g/mol. The summed E-state index contributed by atoms with van der Waals surface area (Å²) >= 11 is 0. The fraction of sp³-hybridized carbons (Fsp3) is 0.667. The van der Waals surface area contributed by atoms with Crippen molar-refractivity contribution < 1.29 is 4.74 Å². The Bertz CT molecular complexity index is 521. The van der Waals surface area contributed by atoms with Gasteiger partial charge in [-0.1, -0.05) is 30.3 Å². The van der Waals surface area contributed by atoms with Crippen molar-refractivity contribution in [1.29, 1.82) is 0 Å². The van der Waals surface area contributed by atoms with Crippen LogP contribution in [0.15, 0.2) is 35.3 Å². The molecule has 2 rings (SSSR count). The second-order valence-electron chi connectivity index (χ2n) is 6.93. The summed E-state index contributed by atoms with van der Waals surface area (Å²) in [6, 6.07) is 10.8. The Balaban J connectivity index is 0.00000392. The zero-order valence-electron chi connectivity index (χ0n) is 17.5. The van der Waals surface area contributed by atoms with E-state index in [2.05, 4.69) is 55.8 Å². The lowest BCUT2D eigenvalue weighted by Gasteiger charge is -2.34. The summed E-state index contributed by atoms with van der Waals surface area (Å²) < 4.78 is 5.33. The minimum Gasteiger partial charge on any atom is -0.380 e. The number of halogens is 1. The minimum atomic E-state index is 0. The van der Waals surface area contributed by atoms with Gasteiger partial charge in [0.05, 0.1) is 6.61 Å². The number of piperazine rings is 1. The predicted molar refractivity (Wildman–Crippen MR) is 129 cm³/mol. The summed E-state index contributed by atoms with van der Waals surface area (Å²) in [4.78, 5) is 9.39. The lowest BCUT2D eigenvalue weighted by molar-refractivity contribution is 0.126. The van der Waals surface area contributed by atoms with Gasteiger partial charge in [0, 0.05) is 59.5 Å². The summed E-state index contributed by atoms with van der Waals surface area (Å²) in [7, 11) is 1.81. The van der Waals surface area contributed by atoms with Gasteiger partial charge in [0.15, 0.2) is 5.96 Å². The van der Waals surface area contributed by atoms with E-state index in [-0.39, 0.29) is 24.0 Å². The molecular weight excluding hydrogens is 465 g/mol. The van der Waals surface area contributed by atoms with Crippen LogP contribution in [0.1, 0.15) is 25.3 Å². The fourth-order valence-electron chi connectivity index (χ4n) is 3.29. The molecular formula is C21H38IN5O. The van der Waals surface area contributed by atoms with E-state index in [1.165, 1.54) is 44.7 Å². The first kappa shape index (κ1) is 25.1. The molecule has 2 N–H and O–H groups in total. The molecule has 0 aliphatic carbocycles. The summed E-state index contributed by atoms with van der Waals surface area (Å²) in [5, 5.41) is 6.64. The number of ether oxygens (including phenoxy) is 1. The molecule has 1 aliphatic rings. The van der Waals surface area contributed by atoms with Crippen molar-refractivity contribution in [3.8, 4) is 0 Å². The molecule has 1 heterocycles. The quantitative estimate of drug-likeness (QED) is 0.210. The van der Waals surface area contributed by atoms with Gasteiger partial charge in [0.2, 0.25) is 0 Å². The lowest BCUT2D eigenvalue weighted by Crippen LogP contribution is -2.46. The molecule has 1 aliphatic heterocycles. The maximum atomic E-state index is 5.33. The van der Waals surface area contributed by atoms with E-state index in [0.717, 1.165) is 38.6 Å². The Morgan fingerprint density at radius 1 is 1.00 bits per heavy atom. The highest BCUT2D eigenvalue weighted by molar-refractivity contribution is 14.0. The molecule has 28 heavy (non-hydrogen) atoms. The average Bonchev–Trinajstić information content (AvgIpc) is 2.71. The van der Waals surface area contributed by atoms with Gasteiger partial charge < -0.3 is 20.3 Å². The third-order valence-corrected chi connectivity index (χ3v) is 4.87. The number of aliphatic imine (C=N–C) groups is 1. The van der Waals surface area contributed by atoms with Crippen LogP contribution in [0.2, 0.25) is 0 Å². The number of nitrogens with zero attached hydrogens (tertiary/aromatic N) is 3. The number of hydrogen-bond donors (Lipinski definition) is 2. The van der Waals surface area contributed by atoms with Crippen LogP contribution in [-0.2, 0) is 11.3 Å². The second-order valence-corrected chi connectivity index (χ2v) is 6.93. The predicted octanol–water partition coefficient (Wildman–Crippen LogP) is 2.40. The Morgan fingerprint density at radius 3 is 2.36 bits per heavy atom. The largest absolute Gasteiger partial charge is 0.380 e. The molecule has 1 aromatic rings. The molecule has 6 nitrogen and oxygen atoms in total. The highest BCUT2D eigenvalue weighted by Crippen LogP contribution is 2.08. The molecule has 1 aromatic carbocycles. The van der Waals surface area contributed by atoms with E-state index in [0.29, 0.717) is 6.61 Å². The summed E-state index contributed by atoms with van der Waals surface area (Å²) in [6.45, 7) is 12.2. The number of rotatable bonds is 11. The third-order valence-electron chi connectivity index (χ3n) is 4.87. The zero-order chi connectivity index (χ0) is 19.2. The normalized spacial score (nSPS) is 15.9. The molecule has 0 radical (unpaired) electrons. The van der Waals surface area contributed by atoms with Gasteiger partial charge in [-0.2, -0.15) is 0 Å². The molecule has 0 saturated carbocycles. The van der Waals surface area contributed by atoms with Crippen LogP contribution in [0.25, 0.3) is 0 Å². The standard InChI is InChI=1S/C21H37N5O.HI/c1-3-27-18-12-24-21(22-2)23-11-7-8-13-25-14-16-26(17-15-25)19-20-9-5-4-6-10-20;/h4-6,9-10H,3,7-8,11-19H2,1-2H3,(H2,22,23,24);1H. The maximum Gasteiger partial charge on any atom is 0.191 e. The van der Waals surface area contributed by atoms with E-state index >= 15 is 0 Å². The van der Waals surface area contributed by atoms with Gasteiger partial charge >= 0.3 is 0 Å². The monoisotopic (exact) mass is 503 g/mol. The molecule has 0 unspecified atom stereocenters. The Labute approximate surface area is 188 Å². The third kappa shape index (κ3) is 10.6. The number of hydrogen-bond acceptors (Lipinski definition) is 4. The Kier molecular flexibility index (Phi) is 14.3. The van der Waals surface area contributed by atoms with Crippen molar-refractivity contribution >= 4 is 29.9 Å². The van der Waals surface area contributed by atoms with Crippen LogP contribution in [0.4, 0.5) is 0 Å².